The molecule has 0 atom stereocenters. The molecule has 0 aliphatic heterocycles. The maximum Gasteiger partial charge on any atom is 0.136 e. The fourth-order valence-electron chi connectivity index (χ4n) is 2.00. The smallest absolute Gasteiger partial charge is 0.136 e. The van der Waals surface area contributed by atoms with Gasteiger partial charge in [0, 0.05) is 24.0 Å². The van der Waals surface area contributed by atoms with Gasteiger partial charge in [-0.15, -0.1) is 0 Å². The van der Waals surface area contributed by atoms with Crippen LogP contribution in [0.1, 0.15) is 19.0 Å². The molecule has 0 fully saturated rings. The lowest BCUT2D eigenvalue weighted by molar-refractivity contribution is 0.627. The average Bonchev–Trinajstić information content (AvgIpc) is 2.48. The molecule has 0 unspecified atom stereocenters. The molecule has 4 nitrogen and oxygen atoms in total. The normalized spacial score (nSPS) is 10.6. The van der Waals surface area contributed by atoms with Gasteiger partial charge in [-0.25, -0.2) is 14.4 Å². The first-order chi connectivity index (χ1) is 9.74. The van der Waals surface area contributed by atoms with Gasteiger partial charge in [-0.2, -0.15) is 0 Å². The first-order valence-electron chi connectivity index (χ1n) is 6.78. The molecule has 0 amide bonds. The van der Waals surface area contributed by atoms with Gasteiger partial charge in [-0.3, -0.25) is 0 Å². The van der Waals surface area contributed by atoms with Crippen LogP contribution in [0.5, 0.6) is 0 Å². The Bertz CT molecular complexity index is 559. The molecule has 0 aliphatic carbocycles. The zero-order valence-corrected chi connectivity index (χ0v) is 11.6. The molecule has 0 aliphatic rings. The number of rotatable bonds is 6. The van der Waals surface area contributed by atoms with E-state index >= 15 is 0 Å². The van der Waals surface area contributed by atoms with E-state index in [4.69, 9.17) is 5.73 Å². The average molecular weight is 274 g/mol. The lowest BCUT2D eigenvalue weighted by Gasteiger charge is -2.24. The molecule has 1 aromatic heterocycles. The van der Waals surface area contributed by atoms with E-state index in [0.29, 0.717) is 13.1 Å². The molecule has 1 heterocycles. The second-order valence-corrected chi connectivity index (χ2v) is 4.49. The van der Waals surface area contributed by atoms with Crippen LogP contribution in [0.4, 0.5) is 15.9 Å². The summed E-state index contributed by atoms with van der Waals surface area (Å²) in [6.07, 6.45) is 3.19. The third-order valence-corrected chi connectivity index (χ3v) is 3.05. The highest BCUT2D eigenvalue weighted by atomic mass is 19.1. The molecule has 0 bridgehead atoms. The standard InChI is InChI=1S/C15H19FN4/c1-2-13-10-15(19-11-18-13)20(8-4-7-17)14-6-3-5-12(16)9-14/h3,5-6,9-11H,2,4,7-8,17H2,1H3. The molecular formula is C15H19FN4. The van der Waals surface area contributed by atoms with E-state index in [2.05, 4.69) is 9.97 Å². The quantitative estimate of drug-likeness (QED) is 0.880. The topological polar surface area (TPSA) is 55.0 Å². The van der Waals surface area contributed by atoms with Gasteiger partial charge in [-0.1, -0.05) is 13.0 Å². The Morgan fingerprint density at radius 2 is 2.10 bits per heavy atom. The predicted molar refractivity (Wildman–Crippen MR) is 78.5 cm³/mol. The van der Waals surface area contributed by atoms with Crippen molar-refractivity contribution in [2.75, 3.05) is 18.0 Å². The molecule has 0 saturated carbocycles. The number of hydrogen-bond donors (Lipinski definition) is 1. The lowest BCUT2D eigenvalue weighted by atomic mass is 10.2. The monoisotopic (exact) mass is 274 g/mol. The number of halogens is 1. The van der Waals surface area contributed by atoms with Crippen molar-refractivity contribution in [3.63, 3.8) is 0 Å². The third kappa shape index (κ3) is 3.51. The minimum absolute atomic E-state index is 0.259. The summed E-state index contributed by atoms with van der Waals surface area (Å²) in [6.45, 7) is 3.32. The van der Waals surface area contributed by atoms with E-state index in [1.807, 2.05) is 24.0 Å². The Labute approximate surface area is 118 Å². The van der Waals surface area contributed by atoms with Gasteiger partial charge >= 0.3 is 0 Å². The number of aryl methyl sites for hydroxylation is 1. The van der Waals surface area contributed by atoms with Crippen LogP contribution < -0.4 is 10.6 Å². The van der Waals surface area contributed by atoms with Gasteiger partial charge < -0.3 is 10.6 Å². The summed E-state index contributed by atoms with van der Waals surface area (Å²) in [4.78, 5) is 10.5. The first kappa shape index (κ1) is 14.4. The van der Waals surface area contributed by atoms with Crippen LogP contribution in [0.3, 0.4) is 0 Å². The molecule has 0 saturated heterocycles. The highest BCUT2D eigenvalue weighted by Crippen LogP contribution is 2.24. The lowest BCUT2D eigenvalue weighted by Crippen LogP contribution is -2.22. The Hall–Kier alpha value is -2.01. The highest BCUT2D eigenvalue weighted by molar-refractivity contribution is 5.59. The van der Waals surface area contributed by atoms with Crippen molar-refractivity contribution >= 4 is 11.5 Å². The number of nitrogens with zero attached hydrogens (tertiary/aromatic N) is 3. The fraction of sp³-hybridized carbons (Fsp3) is 0.333. The van der Waals surface area contributed by atoms with Crippen LogP contribution >= 0.6 is 0 Å². The molecule has 106 valence electrons. The van der Waals surface area contributed by atoms with E-state index in [1.54, 1.807) is 12.4 Å². The summed E-state index contributed by atoms with van der Waals surface area (Å²) < 4.78 is 13.4. The number of aromatic nitrogens is 2. The Kier molecular flexibility index (Phi) is 5.01. The Balaban J connectivity index is 2.35. The zero-order valence-electron chi connectivity index (χ0n) is 11.6. The zero-order chi connectivity index (χ0) is 14.4. The van der Waals surface area contributed by atoms with Crippen molar-refractivity contribution in [1.82, 2.24) is 9.97 Å². The van der Waals surface area contributed by atoms with Crippen LogP contribution in [0.25, 0.3) is 0 Å². The van der Waals surface area contributed by atoms with Crippen molar-refractivity contribution in [3.05, 3.63) is 48.2 Å². The minimum Gasteiger partial charge on any atom is -0.330 e. The van der Waals surface area contributed by atoms with Crippen molar-refractivity contribution < 1.29 is 4.39 Å². The van der Waals surface area contributed by atoms with E-state index in [0.717, 1.165) is 30.0 Å². The second-order valence-electron chi connectivity index (χ2n) is 4.49. The van der Waals surface area contributed by atoms with E-state index in [1.165, 1.54) is 12.1 Å². The van der Waals surface area contributed by atoms with Gasteiger partial charge in [0.1, 0.15) is 18.0 Å². The molecule has 0 radical (unpaired) electrons. The summed E-state index contributed by atoms with van der Waals surface area (Å²) in [7, 11) is 0. The summed E-state index contributed by atoms with van der Waals surface area (Å²) >= 11 is 0. The number of nitrogens with two attached hydrogens (primary N) is 1. The number of anilines is 2. The maximum atomic E-state index is 13.4. The largest absolute Gasteiger partial charge is 0.330 e. The summed E-state index contributed by atoms with van der Waals surface area (Å²) in [5, 5.41) is 0. The molecular weight excluding hydrogens is 255 g/mol. The first-order valence-corrected chi connectivity index (χ1v) is 6.78. The van der Waals surface area contributed by atoms with Crippen LogP contribution in [0.15, 0.2) is 36.7 Å². The van der Waals surface area contributed by atoms with E-state index in [9.17, 15) is 4.39 Å². The van der Waals surface area contributed by atoms with Gasteiger partial charge in [0.15, 0.2) is 0 Å². The van der Waals surface area contributed by atoms with Crippen LogP contribution in [-0.2, 0) is 6.42 Å². The molecule has 2 aromatic rings. The Morgan fingerprint density at radius 3 is 2.80 bits per heavy atom. The van der Waals surface area contributed by atoms with Crippen LogP contribution in [-0.4, -0.2) is 23.1 Å². The minimum atomic E-state index is -0.259. The molecule has 20 heavy (non-hydrogen) atoms. The number of hydrogen-bond acceptors (Lipinski definition) is 4. The maximum absolute atomic E-state index is 13.4. The van der Waals surface area contributed by atoms with Crippen molar-refractivity contribution in [2.45, 2.75) is 19.8 Å². The summed E-state index contributed by atoms with van der Waals surface area (Å²) in [6, 6.07) is 8.43. The molecule has 0 spiro atoms. The van der Waals surface area contributed by atoms with Gasteiger partial charge in [0.2, 0.25) is 0 Å². The molecule has 1 aromatic carbocycles. The summed E-state index contributed by atoms with van der Waals surface area (Å²) in [5.41, 5.74) is 7.32. The fourth-order valence-corrected chi connectivity index (χ4v) is 2.00. The van der Waals surface area contributed by atoms with Gasteiger partial charge in [0.25, 0.3) is 0 Å². The van der Waals surface area contributed by atoms with E-state index in [-0.39, 0.29) is 5.82 Å². The molecule has 5 heteroatoms. The number of benzene rings is 1. The summed E-state index contributed by atoms with van der Waals surface area (Å²) in [5.74, 6) is 0.515. The SMILES string of the molecule is CCc1cc(N(CCCN)c2cccc(F)c2)ncn1. The van der Waals surface area contributed by atoms with Crippen LogP contribution in [0, 0.1) is 5.82 Å². The second kappa shape index (κ2) is 6.96. The third-order valence-electron chi connectivity index (χ3n) is 3.05. The van der Waals surface area contributed by atoms with Gasteiger partial charge in [-0.05, 0) is 37.6 Å². The molecule has 2 rings (SSSR count). The van der Waals surface area contributed by atoms with Crippen molar-refractivity contribution in [3.8, 4) is 0 Å². The van der Waals surface area contributed by atoms with Gasteiger partial charge in [0.05, 0.1) is 0 Å². The van der Waals surface area contributed by atoms with Crippen molar-refractivity contribution in [2.24, 2.45) is 5.73 Å². The predicted octanol–water partition coefficient (Wildman–Crippen LogP) is 2.67. The highest BCUT2D eigenvalue weighted by Gasteiger charge is 2.11. The van der Waals surface area contributed by atoms with E-state index < -0.39 is 0 Å². The van der Waals surface area contributed by atoms with Crippen LogP contribution in [0.2, 0.25) is 0 Å². The molecule has 2 N–H and O–H groups in total. The Morgan fingerprint density at radius 1 is 1.25 bits per heavy atom. The van der Waals surface area contributed by atoms with Crippen molar-refractivity contribution in [1.29, 1.82) is 0 Å².